The van der Waals surface area contributed by atoms with Gasteiger partial charge in [0.15, 0.2) is 0 Å². The van der Waals surface area contributed by atoms with E-state index >= 15 is 0 Å². The first-order chi connectivity index (χ1) is 10.8. The van der Waals surface area contributed by atoms with E-state index in [-0.39, 0.29) is 23.1 Å². The van der Waals surface area contributed by atoms with E-state index < -0.39 is 6.36 Å². The Kier molecular flexibility index (Phi) is 5.54. The highest BCUT2D eigenvalue weighted by molar-refractivity contribution is 8.00. The standard InChI is InChI=1S/C16H14F3NO2S/c1-11-5-7-14(8-6-11)23-10-15(21)20-12-3-2-4-13(9-12)22-16(17,18)19/h2-9H,10H2,1H3,(H,20,21). The maximum absolute atomic E-state index is 12.2. The third-order valence-corrected chi connectivity index (χ3v) is 3.75. The van der Waals surface area contributed by atoms with Crippen molar-refractivity contribution in [2.24, 2.45) is 0 Å². The van der Waals surface area contributed by atoms with Crippen LogP contribution < -0.4 is 10.1 Å². The number of rotatable bonds is 5. The molecular weight excluding hydrogens is 327 g/mol. The van der Waals surface area contributed by atoms with Crippen LogP contribution in [0, 0.1) is 6.92 Å². The van der Waals surface area contributed by atoms with Crippen molar-refractivity contribution in [2.75, 3.05) is 11.1 Å². The second-order valence-electron chi connectivity index (χ2n) is 4.73. The van der Waals surface area contributed by atoms with E-state index in [0.717, 1.165) is 16.5 Å². The third-order valence-electron chi connectivity index (χ3n) is 2.74. The summed E-state index contributed by atoms with van der Waals surface area (Å²) in [6.07, 6.45) is -4.76. The van der Waals surface area contributed by atoms with E-state index in [1.807, 2.05) is 31.2 Å². The van der Waals surface area contributed by atoms with Crippen molar-refractivity contribution >= 4 is 23.4 Å². The number of thioether (sulfide) groups is 1. The van der Waals surface area contributed by atoms with E-state index in [9.17, 15) is 18.0 Å². The van der Waals surface area contributed by atoms with Crippen molar-refractivity contribution in [1.29, 1.82) is 0 Å². The van der Waals surface area contributed by atoms with Gasteiger partial charge in [0, 0.05) is 16.6 Å². The molecule has 2 aromatic rings. The highest BCUT2D eigenvalue weighted by Crippen LogP contribution is 2.25. The molecule has 122 valence electrons. The van der Waals surface area contributed by atoms with Gasteiger partial charge in [-0.15, -0.1) is 24.9 Å². The average Bonchev–Trinajstić information content (AvgIpc) is 2.45. The van der Waals surface area contributed by atoms with Gasteiger partial charge >= 0.3 is 6.36 Å². The first kappa shape index (κ1) is 17.2. The summed E-state index contributed by atoms with van der Waals surface area (Å²) in [4.78, 5) is 12.8. The summed E-state index contributed by atoms with van der Waals surface area (Å²) in [6, 6.07) is 12.9. The minimum atomic E-state index is -4.76. The summed E-state index contributed by atoms with van der Waals surface area (Å²) < 4.78 is 40.3. The van der Waals surface area contributed by atoms with Gasteiger partial charge in [0.1, 0.15) is 5.75 Å². The van der Waals surface area contributed by atoms with E-state index in [1.54, 1.807) is 0 Å². The predicted octanol–water partition coefficient (Wildman–Crippen LogP) is 4.62. The van der Waals surface area contributed by atoms with Crippen LogP contribution in [0.25, 0.3) is 0 Å². The lowest BCUT2D eigenvalue weighted by molar-refractivity contribution is -0.274. The van der Waals surface area contributed by atoms with Crippen LogP contribution in [0.5, 0.6) is 5.75 Å². The molecule has 3 nitrogen and oxygen atoms in total. The number of aryl methyl sites for hydroxylation is 1. The molecule has 0 aliphatic rings. The fourth-order valence-electron chi connectivity index (χ4n) is 1.75. The fraction of sp³-hybridized carbons (Fsp3) is 0.188. The number of benzene rings is 2. The van der Waals surface area contributed by atoms with Crippen molar-refractivity contribution in [2.45, 2.75) is 18.2 Å². The second-order valence-corrected chi connectivity index (χ2v) is 5.77. The molecule has 1 amide bonds. The number of hydrogen-bond acceptors (Lipinski definition) is 3. The molecule has 0 aromatic heterocycles. The Bertz CT molecular complexity index is 672. The molecular formula is C16H14F3NO2S. The highest BCUT2D eigenvalue weighted by atomic mass is 32.2. The number of alkyl halides is 3. The zero-order chi connectivity index (χ0) is 16.9. The molecule has 0 saturated carbocycles. The molecule has 0 heterocycles. The second kappa shape index (κ2) is 7.41. The molecule has 0 atom stereocenters. The molecule has 7 heteroatoms. The molecule has 0 fully saturated rings. The van der Waals surface area contributed by atoms with Crippen molar-refractivity contribution in [1.82, 2.24) is 0 Å². The third kappa shape index (κ3) is 6.23. The smallest absolute Gasteiger partial charge is 0.406 e. The SMILES string of the molecule is Cc1ccc(SCC(=O)Nc2cccc(OC(F)(F)F)c2)cc1. The zero-order valence-electron chi connectivity index (χ0n) is 12.2. The predicted molar refractivity (Wildman–Crippen MR) is 83.7 cm³/mol. The summed E-state index contributed by atoms with van der Waals surface area (Å²) in [5.41, 5.74) is 1.38. The Morgan fingerprint density at radius 3 is 2.52 bits per heavy atom. The lowest BCUT2D eigenvalue weighted by atomic mass is 10.2. The molecule has 0 saturated heterocycles. The average molecular weight is 341 g/mol. The summed E-state index contributed by atoms with van der Waals surface area (Å²) in [5.74, 6) is -0.519. The molecule has 2 rings (SSSR count). The van der Waals surface area contributed by atoms with Crippen molar-refractivity contribution < 1.29 is 22.7 Å². The summed E-state index contributed by atoms with van der Waals surface area (Å²) >= 11 is 1.35. The van der Waals surface area contributed by atoms with E-state index in [2.05, 4.69) is 10.1 Å². The van der Waals surface area contributed by atoms with Gasteiger partial charge in [0.05, 0.1) is 5.75 Å². The lowest BCUT2D eigenvalue weighted by Gasteiger charge is -2.10. The van der Waals surface area contributed by atoms with Crippen LogP contribution in [0.15, 0.2) is 53.4 Å². The number of anilines is 1. The van der Waals surface area contributed by atoms with Crippen LogP contribution in [-0.4, -0.2) is 18.0 Å². The van der Waals surface area contributed by atoms with Crippen LogP contribution >= 0.6 is 11.8 Å². The molecule has 0 radical (unpaired) electrons. The van der Waals surface area contributed by atoms with Crippen LogP contribution in [0.4, 0.5) is 18.9 Å². The van der Waals surface area contributed by atoms with Crippen LogP contribution in [0.3, 0.4) is 0 Å². The van der Waals surface area contributed by atoms with Crippen LogP contribution in [-0.2, 0) is 4.79 Å². The first-order valence-electron chi connectivity index (χ1n) is 6.67. The molecule has 23 heavy (non-hydrogen) atoms. The maximum Gasteiger partial charge on any atom is 0.573 e. The monoisotopic (exact) mass is 341 g/mol. The summed E-state index contributed by atoms with van der Waals surface area (Å²) in [6.45, 7) is 1.97. The molecule has 0 bridgehead atoms. The van der Waals surface area contributed by atoms with Crippen molar-refractivity contribution in [3.8, 4) is 5.75 Å². The number of nitrogens with one attached hydrogen (secondary N) is 1. The van der Waals surface area contributed by atoms with Crippen molar-refractivity contribution in [3.05, 3.63) is 54.1 Å². The van der Waals surface area contributed by atoms with Gasteiger partial charge in [-0.05, 0) is 31.2 Å². The van der Waals surface area contributed by atoms with Gasteiger partial charge in [-0.25, -0.2) is 0 Å². The number of hydrogen-bond donors (Lipinski definition) is 1. The molecule has 0 aliphatic heterocycles. The minimum Gasteiger partial charge on any atom is -0.406 e. The Balaban J connectivity index is 1.89. The van der Waals surface area contributed by atoms with Gasteiger partial charge in [-0.1, -0.05) is 23.8 Å². The van der Waals surface area contributed by atoms with E-state index in [0.29, 0.717) is 0 Å². The largest absolute Gasteiger partial charge is 0.573 e. The molecule has 0 spiro atoms. The Labute approximate surface area is 135 Å². The number of amides is 1. The molecule has 1 N–H and O–H groups in total. The van der Waals surface area contributed by atoms with Crippen LogP contribution in [0.1, 0.15) is 5.56 Å². The van der Waals surface area contributed by atoms with Crippen molar-refractivity contribution in [3.63, 3.8) is 0 Å². The van der Waals surface area contributed by atoms with E-state index in [1.165, 1.54) is 30.0 Å². The minimum absolute atomic E-state index is 0.160. The Morgan fingerprint density at radius 2 is 1.87 bits per heavy atom. The van der Waals surface area contributed by atoms with Gasteiger partial charge < -0.3 is 10.1 Å². The molecule has 2 aromatic carbocycles. The number of carbonyl (C=O) groups is 1. The quantitative estimate of drug-likeness (QED) is 0.806. The summed E-state index contributed by atoms with van der Waals surface area (Å²) in [5, 5.41) is 2.54. The fourth-order valence-corrected chi connectivity index (χ4v) is 2.45. The zero-order valence-corrected chi connectivity index (χ0v) is 13.0. The molecule has 0 aliphatic carbocycles. The van der Waals surface area contributed by atoms with E-state index in [4.69, 9.17) is 0 Å². The Morgan fingerprint density at radius 1 is 1.17 bits per heavy atom. The molecule has 0 unspecified atom stereocenters. The number of ether oxygens (including phenoxy) is 1. The first-order valence-corrected chi connectivity index (χ1v) is 7.65. The Hall–Kier alpha value is -2.15. The number of halogens is 3. The summed E-state index contributed by atoms with van der Waals surface area (Å²) in [7, 11) is 0. The van der Waals surface area contributed by atoms with Gasteiger partial charge in [-0.2, -0.15) is 0 Å². The van der Waals surface area contributed by atoms with Gasteiger partial charge in [0.2, 0.25) is 5.91 Å². The lowest BCUT2D eigenvalue weighted by Crippen LogP contribution is -2.18. The number of carbonyl (C=O) groups excluding carboxylic acids is 1. The maximum atomic E-state index is 12.2. The van der Waals surface area contributed by atoms with Gasteiger partial charge in [-0.3, -0.25) is 4.79 Å². The topological polar surface area (TPSA) is 38.3 Å². The van der Waals surface area contributed by atoms with Gasteiger partial charge in [0.25, 0.3) is 0 Å². The highest BCUT2D eigenvalue weighted by Gasteiger charge is 2.31. The normalized spacial score (nSPS) is 11.1. The van der Waals surface area contributed by atoms with Crippen LogP contribution in [0.2, 0.25) is 0 Å².